The number of carbonyl (C=O) groups is 1. The summed E-state index contributed by atoms with van der Waals surface area (Å²) in [6.45, 7) is 4.38. The summed E-state index contributed by atoms with van der Waals surface area (Å²) in [6, 6.07) is 1.93. The maximum Gasteiger partial charge on any atom is 0.163 e. The molecule has 0 N–H and O–H groups in total. The molecule has 2 heteroatoms. The van der Waals surface area contributed by atoms with Crippen molar-refractivity contribution < 1.29 is 4.79 Å². The number of carbonyl (C=O) groups excluding carboxylic acids is 1. The van der Waals surface area contributed by atoms with Crippen molar-refractivity contribution in [3.05, 3.63) is 22.4 Å². The molecule has 84 valence electrons. The fourth-order valence-corrected chi connectivity index (χ4v) is 2.41. The molecule has 1 nitrogen and oxygen atoms in total. The lowest BCUT2D eigenvalue weighted by atomic mass is 9.92. The highest BCUT2D eigenvalue weighted by Gasteiger charge is 2.13. The van der Waals surface area contributed by atoms with Gasteiger partial charge in [0, 0.05) is 17.4 Å². The van der Waals surface area contributed by atoms with Gasteiger partial charge in [0.2, 0.25) is 0 Å². The molecule has 1 rings (SSSR count). The predicted molar refractivity (Wildman–Crippen MR) is 66.6 cm³/mol. The molecule has 15 heavy (non-hydrogen) atoms. The molecule has 1 atom stereocenters. The van der Waals surface area contributed by atoms with Gasteiger partial charge in [-0.3, -0.25) is 4.79 Å². The van der Waals surface area contributed by atoms with Crippen LogP contribution < -0.4 is 0 Å². The van der Waals surface area contributed by atoms with E-state index in [4.69, 9.17) is 0 Å². The van der Waals surface area contributed by atoms with Crippen LogP contribution in [-0.2, 0) is 0 Å². The summed E-state index contributed by atoms with van der Waals surface area (Å²) >= 11 is 1.60. The van der Waals surface area contributed by atoms with E-state index in [9.17, 15) is 4.79 Å². The fraction of sp³-hybridized carbons (Fsp3) is 0.615. The second-order valence-corrected chi connectivity index (χ2v) is 4.84. The van der Waals surface area contributed by atoms with E-state index in [1.165, 1.54) is 19.3 Å². The van der Waals surface area contributed by atoms with Crippen molar-refractivity contribution in [3.8, 4) is 0 Å². The Labute approximate surface area is 96.5 Å². The Morgan fingerprint density at radius 1 is 1.47 bits per heavy atom. The number of Topliss-reactive ketones (excluding diaryl/α,β-unsaturated/α-hetero) is 1. The van der Waals surface area contributed by atoms with Gasteiger partial charge in [-0.2, -0.15) is 11.3 Å². The van der Waals surface area contributed by atoms with Crippen LogP contribution in [0.25, 0.3) is 0 Å². The van der Waals surface area contributed by atoms with Gasteiger partial charge in [0.1, 0.15) is 0 Å². The number of hydrogen-bond donors (Lipinski definition) is 0. The molecule has 0 bridgehead atoms. The lowest BCUT2D eigenvalue weighted by molar-refractivity contribution is 0.0957. The van der Waals surface area contributed by atoms with Gasteiger partial charge in [-0.15, -0.1) is 0 Å². The Kier molecular flexibility index (Phi) is 5.62. The van der Waals surface area contributed by atoms with Crippen molar-refractivity contribution in [2.24, 2.45) is 5.92 Å². The van der Waals surface area contributed by atoms with Gasteiger partial charge in [0.15, 0.2) is 5.78 Å². The highest BCUT2D eigenvalue weighted by Crippen LogP contribution is 2.20. The van der Waals surface area contributed by atoms with Gasteiger partial charge >= 0.3 is 0 Å². The summed E-state index contributed by atoms with van der Waals surface area (Å²) in [5, 5.41) is 3.93. The third kappa shape index (κ3) is 4.17. The minimum Gasteiger partial charge on any atom is -0.294 e. The molecule has 0 saturated heterocycles. The number of rotatable bonds is 7. The SMILES string of the molecule is CCCCC(CC)CC(=O)c1ccsc1. The van der Waals surface area contributed by atoms with Crippen LogP contribution in [0.15, 0.2) is 16.8 Å². The molecule has 1 aromatic heterocycles. The van der Waals surface area contributed by atoms with Crippen molar-refractivity contribution in [3.63, 3.8) is 0 Å². The zero-order chi connectivity index (χ0) is 11.1. The van der Waals surface area contributed by atoms with Gasteiger partial charge in [-0.25, -0.2) is 0 Å². The number of thiophene rings is 1. The van der Waals surface area contributed by atoms with E-state index in [1.807, 2.05) is 16.8 Å². The van der Waals surface area contributed by atoms with Gasteiger partial charge in [-0.1, -0.05) is 39.5 Å². The monoisotopic (exact) mass is 224 g/mol. The normalized spacial score (nSPS) is 12.7. The molecular weight excluding hydrogens is 204 g/mol. The maximum absolute atomic E-state index is 11.8. The fourth-order valence-electron chi connectivity index (χ4n) is 1.75. The molecule has 0 spiro atoms. The number of unbranched alkanes of at least 4 members (excludes halogenated alkanes) is 1. The molecule has 0 saturated carbocycles. The molecule has 1 aromatic rings. The van der Waals surface area contributed by atoms with E-state index in [0.717, 1.165) is 18.4 Å². The zero-order valence-corrected chi connectivity index (χ0v) is 10.5. The predicted octanol–water partition coefficient (Wildman–Crippen LogP) is 4.54. The lowest BCUT2D eigenvalue weighted by Gasteiger charge is -2.12. The smallest absolute Gasteiger partial charge is 0.163 e. The topological polar surface area (TPSA) is 17.1 Å². The van der Waals surface area contributed by atoms with Crippen LogP contribution in [0.1, 0.15) is 56.3 Å². The number of ketones is 1. The Balaban J connectivity index is 2.41. The van der Waals surface area contributed by atoms with Gasteiger partial charge in [0.05, 0.1) is 0 Å². The standard InChI is InChI=1S/C13H20OS/c1-3-5-6-11(4-2)9-13(14)12-7-8-15-10-12/h7-8,10-11H,3-6,9H2,1-2H3. The lowest BCUT2D eigenvalue weighted by Crippen LogP contribution is -2.07. The molecule has 0 aliphatic heterocycles. The van der Waals surface area contributed by atoms with Crippen LogP contribution in [-0.4, -0.2) is 5.78 Å². The Bertz CT molecular complexity index is 277. The van der Waals surface area contributed by atoms with Crippen molar-refractivity contribution >= 4 is 17.1 Å². The van der Waals surface area contributed by atoms with E-state index < -0.39 is 0 Å². The zero-order valence-electron chi connectivity index (χ0n) is 9.66. The summed E-state index contributed by atoms with van der Waals surface area (Å²) in [4.78, 5) is 11.8. The van der Waals surface area contributed by atoms with E-state index in [2.05, 4.69) is 13.8 Å². The van der Waals surface area contributed by atoms with Gasteiger partial charge in [-0.05, 0) is 17.4 Å². The molecule has 0 aliphatic rings. The van der Waals surface area contributed by atoms with E-state index >= 15 is 0 Å². The summed E-state index contributed by atoms with van der Waals surface area (Å²) in [5.74, 6) is 0.900. The van der Waals surface area contributed by atoms with Crippen LogP contribution in [0, 0.1) is 5.92 Å². The van der Waals surface area contributed by atoms with Crippen molar-refractivity contribution in [1.29, 1.82) is 0 Å². The highest BCUT2D eigenvalue weighted by atomic mass is 32.1. The Morgan fingerprint density at radius 3 is 2.80 bits per heavy atom. The summed E-state index contributed by atoms with van der Waals surface area (Å²) in [6.07, 6.45) is 5.52. The number of hydrogen-bond acceptors (Lipinski definition) is 2. The van der Waals surface area contributed by atoms with Crippen LogP contribution in [0.4, 0.5) is 0 Å². The van der Waals surface area contributed by atoms with E-state index in [1.54, 1.807) is 11.3 Å². The summed E-state index contributed by atoms with van der Waals surface area (Å²) in [7, 11) is 0. The first-order chi connectivity index (χ1) is 7.27. The first-order valence-electron chi connectivity index (χ1n) is 5.83. The largest absolute Gasteiger partial charge is 0.294 e. The summed E-state index contributed by atoms with van der Waals surface area (Å²) in [5.41, 5.74) is 0.898. The first-order valence-corrected chi connectivity index (χ1v) is 6.77. The highest BCUT2D eigenvalue weighted by molar-refractivity contribution is 7.08. The first kappa shape index (κ1) is 12.4. The molecule has 0 aromatic carbocycles. The summed E-state index contributed by atoms with van der Waals surface area (Å²) < 4.78 is 0. The molecule has 1 unspecified atom stereocenters. The average Bonchev–Trinajstić information content (AvgIpc) is 2.77. The van der Waals surface area contributed by atoms with Gasteiger partial charge in [0.25, 0.3) is 0 Å². The van der Waals surface area contributed by atoms with Crippen LogP contribution in [0.5, 0.6) is 0 Å². The van der Waals surface area contributed by atoms with Crippen LogP contribution >= 0.6 is 11.3 Å². The van der Waals surface area contributed by atoms with Gasteiger partial charge < -0.3 is 0 Å². The molecule has 0 amide bonds. The molecule has 0 radical (unpaired) electrons. The third-order valence-electron chi connectivity index (χ3n) is 2.86. The second-order valence-electron chi connectivity index (χ2n) is 4.06. The minimum absolute atomic E-state index is 0.319. The molecule has 1 heterocycles. The minimum atomic E-state index is 0.319. The van der Waals surface area contributed by atoms with Crippen molar-refractivity contribution in [2.75, 3.05) is 0 Å². The van der Waals surface area contributed by atoms with Crippen molar-refractivity contribution in [1.82, 2.24) is 0 Å². The second kappa shape index (κ2) is 6.78. The van der Waals surface area contributed by atoms with Crippen LogP contribution in [0.3, 0.4) is 0 Å². The van der Waals surface area contributed by atoms with E-state index in [-0.39, 0.29) is 0 Å². The van der Waals surface area contributed by atoms with Crippen LogP contribution in [0.2, 0.25) is 0 Å². The quantitative estimate of drug-likeness (QED) is 0.621. The van der Waals surface area contributed by atoms with Crippen molar-refractivity contribution in [2.45, 2.75) is 46.0 Å². The average molecular weight is 224 g/mol. The molecular formula is C13H20OS. The third-order valence-corrected chi connectivity index (χ3v) is 3.54. The maximum atomic E-state index is 11.8. The Hall–Kier alpha value is -0.630. The molecule has 0 fully saturated rings. The molecule has 0 aliphatic carbocycles. The Morgan fingerprint density at radius 2 is 2.27 bits per heavy atom. The van der Waals surface area contributed by atoms with E-state index in [0.29, 0.717) is 11.7 Å².